The lowest BCUT2D eigenvalue weighted by molar-refractivity contribution is -0.277. The first-order valence-corrected chi connectivity index (χ1v) is 39.2. The van der Waals surface area contributed by atoms with E-state index in [1.54, 1.807) is 0 Å². The van der Waals surface area contributed by atoms with E-state index in [1.165, 1.54) is 49.5 Å². The number of halogens is 2. The molecule has 7 aromatic rings. The average Bonchev–Trinajstić information content (AvgIpc) is 0.759. The van der Waals surface area contributed by atoms with Crippen molar-refractivity contribution in [3.05, 3.63) is 164 Å². The van der Waals surface area contributed by atoms with E-state index in [-0.39, 0.29) is 40.4 Å². The summed E-state index contributed by atoms with van der Waals surface area (Å²) in [5.41, 5.74) is -3.29. The lowest BCUT2D eigenvalue weighted by Crippen LogP contribution is -2.66. The van der Waals surface area contributed by atoms with Crippen LogP contribution in [0.3, 0.4) is 0 Å². The maximum Gasteiger partial charge on any atom is 0.335 e. The molecule has 39 heteroatoms. The highest BCUT2D eigenvalue weighted by Gasteiger charge is 2.52. The number of carbonyl (C=O) groups is 9. The van der Waals surface area contributed by atoms with Gasteiger partial charge in [0, 0.05) is 47.2 Å². The fourth-order valence-corrected chi connectivity index (χ4v) is 15.5. The van der Waals surface area contributed by atoms with Crippen molar-refractivity contribution in [2.45, 2.75) is 175 Å². The van der Waals surface area contributed by atoms with E-state index >= 15 is 24.0 Å². The minimum absolute atomic E-state index is 0.154. The molecule has 121 heavy (non-hydrogen) atoms. The van der Waals surface area contributed by atoms with Gasteiger partial charge in [-0.05, 0) is 120 Å². The molecule has 15 rings (SSSR count). The zero-order valence-corrected chi connectivity index (χ0v) is 65.9. The number of aromatic hydroxyl groups is 4. The zero-order valence-electron chi connectivity index (χ0n) is 64.4. The number of aliphatic carboxylic acids is 2. The maximum atomic E-state index is 16.7. The van der Waals surface area contributed by atoms with E-state index < -0.39 is 271 Å². The van der Waals surface area contributed by atoms with Gasteiger partial charge in [-0.25, -0.2) is 9.59 Å². The summed E-state index contributed by atoms with van der Waals surface area (Å²) < 4.78 is 43.9. The number of nitrogens with one attached hydrogen (secondary N) is 8. The molecule has 0 aromatic heterocycles. The summed E-state index contributed by atoms with van der Waals surface area (Å²) in [6.07, 6.45) is -17.5. The van der Waals surface area contributed by atoms with Crippen LogP contribution in [0.1, 0.15) is 134 Å². The molecule has 7 aromatic carbocycles. The standard InChI is InChI=1S/C82H86Cl2N8O29/c1-32(2)9-7-5-4-6-8-10-55(98)87-64-67(101)69(103)72(80(113)114)121-81(64)120-71-52-25-37-26-53(71)117-49-20-15-36(23-44(49)83)65(99)63-78(110)91-62(79(111)112)42-27-38(94)28-51(118-82-70(104)68(102)66(100)54(31-93)119-82)56(42)41-22-34(13-18-46(41)95)59(75(107)92-63)88-76(108)60(37)89-77(109)61-43-29-40(30-48(97)57(43)84)116-50-24-35(14-19-47(50)96)58(85-3)74(106)86-45(73(105)90-61)21-33-11-16-39(115-52)17-12-33/h11-20,22-30,32,45,54,58-70,72,81-82,85,93-97,99-104H,4-10,21,31H2,1-3H3,(H,86,106)(H,87,98)(H,88,108)(H,89,109)(H,90,105)(H,91,110)(H,92,107)(H,111,112)(H,113,114)/t45-,54-,58+,59-,60-,61+,62+,63+,64-,65-,66-,67-,68+,69+,70+,72+,81-,82+/m1/s1. The highest BCUT2D eigenvalue weighted by Crippen LogP contribution is 2.50. The number of amides is 7. The molecule has 0 saturated carbocycles. The summed E-state index contributed by atoms with van der Waals surface area (Å²) in [5, 5.41) is 167. The maximum absolute atomic E-state index is 16.7. The number of benzene rings is 7. The highest BCUT2D eigenvalue weighted by molar-refractivity contribution is 6.33. The molecule has 18 atom stereocenters. The minimum Gasteiger partial charge on any atom is -0.508 e. The molecular formula is C82H86Cl2N8O29. The number of carboxylic acids is 2. The molecule has 21 N–H and O–H groups in total. The number of phenolic OH excluding ortho intramolecular Hbond substituents is 4. The van der Waals surface area contributed by atoms with Crippen LogP contribution in [-0.4, -0.2) is 207 Å². The Kier molecular flexibility index (Phi) is 26.3. The van der Waals surface area contributed by atoms with Crippen LogP contribution in [0.2, 0.25) is 10.0 Å². The quantitative estimate of drug-likeness (QED) is 0.0577. The Balaban J connectivity index is 1.04. The Morgan fingerprint density at radius 2 is 1.18 bits per heavy atom. The first-order chi connectivity index (χ1) is 57.7. The van der Waals surface area contributed by atoms with E-state index in [4.69, 9.17) is 56.4 Å². The Labute approximate surface area is 697 Å². The van der Waals surface area contributed by atoms with E-state index in [2.05, 4.69) is 56.4 Å². The molecular weight excluding hydrogens is 1630 g/mol. The number of ether oxygens (including phenoxy) is 7. The summed E-state index contributed by atoms with van der Waals surface area (Å²) in [4.78, 5) is 136. The number of aliphatic hydroxyl groups excluding tert-OH is 7. The van der Waals surface area contributed by atoms with Crippen LogP contribution in [0.5, 0.6) is 69.0 Å². The van der Waals surface area contributed by atoms with Gasteiger partial charge in [0.05, 0.1) is 16.7 Å². The summed E-state index contributed by atoms with van der Waals surface area (Å²) in [6.45, 7) is 3.21. The van der Waals surface area contributed by atoms with Crippen LogP contribution in [0.4, 0.5) is 0 Å². The molecule has 8 aliphatic heterocycles. The number of likely N-dealkylation sites (N-methyl/N-ethyl adjacent to an activating group) is 1. The Hall–Kier alpha value is -11.9. The molecule has 7 amide bonds. The van der Waals surface area contributed by atoms with E-state index in [9.17, 15) is 85.6 Å². The molecule has 37 nitrogen and oxygen atoms in total. The second-order valence-corrected chi connectivity index (χ2v) is 31.0. The highest BCUT2D eigenvalue weighted by atomic mass is 35.5. The first-order valence-electron chi connectivity index (χ1n) is 38.4. The fourth-order valence-electron chi connectivity index (χ4n) is 15.0. The molecule has 0 unspecified atom stereocenters. The van der Waals surface area contributed by atoms with Gasteiger partial charge in [-0.3, -0.25) is 33.6 Å². The number of fused-ring (bicyclic) bond motifs is 14. The van der Waals surface area contributed by atoms with E-state index in [0.717, 1.165) is 98.5 Å². The molecule has 0 aliphatic carbocycles. The van der Waals surface area contributed by atoms with E-state index in [1.807, 2.05) is 0 Å². The Morgan fingerprint density at radius 3 is 1.88 bits per heavy atom. The lowest BCUT2D eigenvalue weighted by atomic mass is 9.89. The number of aliphatic hydroxyl groups is 7. The van der Waals surface area contributed by atoms with Gasteiger partial charge in [-0.15, -0.1) is 0 Å². The predicted octanol–water partition coefficient (Wildman–Crippen LogP) is 3.79. The molecule has 0 spiro atoms. The summed E-state index contributed by atoms with van der Waals surface area (Å²) in [6, 6.07) is 4.39. The normalized spacial score (nSPS) is 26.6. The molecule has 2 saturated heterocycles. The largest absolute Gasteiger partial charge is 0.508 e. The molecule has 17 bridgehead atoms. The topological polar surface area (TPSA) is 577 Å². The minimum atomic E-state index is -2.47. The average molecular weight is 1720 g/mol. The van der Waals surface area contributed by atoms with Crippen molar-refractivity contribution < 1.29 is 143 Å². The number of carboxylic acid groups (broad SMARTS) is 2. The van der Waals surface area contributed by atoms with Gasteiger partial charge >= 0.3 is 11.9 Å². The van der Waals surface area contributed by atoms with Crippen molar-refractivity contribution in [2.24, 2.45) is 5.92 Å². The number of phenols is 4. The number of hydrogen-bond acceptors (Lipinski definition) is 28. The van der Waals surface area contributed by atoms with Crippen LogP contribution < -0.4 is 66.2 Å². The summed E-state index contributed by atoms with van der Waals surface area (Å²) in [7, 11) is 1.42. The molecule has 8 aliphatic rings. The zero-order chi connectivity index (χ0) is 86.9. The van der Waals surface area contributed by atoms with Crippen LogP contribution in [0, 0.1) is 5.92 Å². The van der Waals surface area contributed by atoms with Gasteiger partial charge in [-0.1, -0.05) is 99.5 Å². The summed E-state index contributed by atoms with van der Waals surface area (Å²) >= 11 is 14.2. The van der Waals surface area contributed by atoms with Crippen LogP contribution in [-0.2, 0) is 59.0 Å². The van der Waals surface area contributed by atoms with Crippen molar-refractivity contribution in [3.63, 3.8) is 0 Å². The molecule has 8 heterocycles. The molecule has 642 valence electrons. The smallest absolute Gasteiger partial charge is 0.335 e. The van der Waals surface area contributed by atoms with Crippen LogP contribution in [0.15, 0.2) is 115 Å². The third kappa shape index (κ3) is 18.7. The van der Waals surface area contributed by atoms with Crippen molar-refractivity contribution >= 4 is 76.5 Å². The molecule has 2 fully saturated rings. The van der Waals surface area contributed by atoms with Crippen molar-refractivity contribution in [2.75, 3.05) is 13.7 Å². The predicted molar refractivity (Wildman–Crippen MR) is 419 cm³/mol. The van der Waals surface area contributed by atoms with Gasteiger partial charge in [0.15, 0.2) is 35.1 Å². The van der Waals surface area contributed by atoms with Crippen LogP contribution >= 0.6 is 23.2 Å². The second kappa shape index (κ2) is 36.6. The number of hydrogen-bond donors (Lipinski definition) is 21. The SMILES string of the molecule is CN[C@@H]1C(=O)N[C@@H]2Cc3ccc(cc3)Oc3cc4cc(c3O[C@@H]3O[C@H](C(=O)O)[C@@H](O)[C@H](O)[C@H]3NC(=O)CCCCCCCC(C)C)Oc3ccc(cc3Cl)[C@@H](O)[C@@H]3NC(=O)[C@H](NC(=O)[C@@H]4NC(=O)[C@@H](NC2=O)c2cc(cc(O)c2Cl)Oc2cc1ccc2O)c1ccc(O)c(c1)-c1c(O[C@H]2O[C@H](CO)[C@@H](O)[C@H](O)[C@@H]2O)cc(O)cc1[C@@H](C(=O)O)NC3=O. The monoisotopic (exact) mass is 1720 g/mol. The van der Waals surface area contributed by atoms with Crippen LogP contribution in [0.25, 0.3) is 11.1 Å². The number of rotatable bonds is 17. The van der Waals surface area contributed by atoms with Gasteiger partial charge < -0.3 is 142 Å². The number of carbonyl (C=O) groups excluding carboxylic acids is 7. The molecule has 0 radical (unpaired) electrons. The lowest BCUT2D eigenvalue weighted by Gasteiger charge is -2.41. The van der Waals surface area contributed by atoms with Crippen molar-refractivity contribution in [1.29, 1.82) is 0 Å². The van der Waals surface area contributed by atoms with Gasteiger partial charge in [0.25, 0.3) is 0 Å². The summed E-state index contributed by atoms with van der Waals surface area (Å²) in [5.74, 6) is -19.1. The Morgan fingerprint density at radius 1 is 0.537 bits per heavy atom. The van der Waals surface area contributed by atoms with Gasteiger partial charge in [0.1, 0.15) is 125 Å². The third-order valence-corrected chi connectivity index (χ3v) is 22.1. The first kappa shape index (κ1) is 87.0. The second-order valence-electron chi connectivity index (χ2n) is 30.2. The Bertz CT molecular complexity index is 5180. The van der Waals surface area contributed by atoms with Crippen molar-refractivity contribution in [1.82, 2.24) is 42.5 Å². The van der Waals surface area contributed by atoms with E-state index in [0.29, 0.717) is 18.8 Å². The van der Waals surface area contributed by atoms with Gasteiger partial charge in [0.2, 0.25) is 59.7 Å². The number of unbranched alkanes of at least 4 members (excludes halogenated alkanes) is 4. The third-order valence-electron chi connectivity index (χ3n) is 21.4. The fraction of sp³-hybridized carbons (Fsp3) is 0.378. The van der Waals surface area contributed by atoms with Crippen molar-refractivity contribution in [3.8, 4) is 80.1 Å². The van der Waals surface area contributed by atoms with Gasteiger partial charge in [-0.2, -0.15) is 0 Å².